The third-order valence-corrected chi connectivity index (χ3v) is 5.25. The molecule has 1 aromatic carbocycles. The van der Waals surface area contributed by atoms with E-state index in [4.69, 9.17) is 18.9 Å². The Morgan fingerprint density at radius 1 is 0.933 bits per heavy atom. The van der Waals surface area contributed by atoms with Gasteiger partial charge in [-0.1, -0.05) is 30.0 Å². The third kappa shape index (κ3) is 7.03. The molecule has 164 valence electrons. The lowest BCUT2D eigenvalue weighted by Gasteiger charge is -2.45. The summed E-state index contributed by atoms with van der Waals surface area (Å²) in [5.41, 5.74) is -0.715. The number of hydrogen-bond acceptors (Lipinski definition) is 9. The molecule has 1 aliphatic rings. The quantitative estimate of drug-likeness (QED) is 0.497. The molecule has 10 heteroatoms. The number of ether oxygens (including phenoxy) is 4. The Labute approximate surface area is 178 Å². The molecule has 1 saturated heterocycles. The summed E-state index contributed by atoms with van der Waals surface area (Å²) in [6.07, 6.45) is -3.05. The molecule has 0 spiro atoms. The monoisotopic (exact) mass is 439 g/mol. The van der Waals surface area contributed by atoms with Crippen LogP contribution in [0.4, 0.5) is 0 Å². The molecular weight excluding hydrogens is 414 g/mol. The third-order valence-electron chi connectivity index (χ3n) is 4.07. The van der Waals surface area contributed by atoms with E-state index in [1.54, 1.807) is 0 Å². The molecule has 1 amide bonds. The van der Waals surface area contributed by atoms with Gasteiger partial charge in [0.05, 0.1) is 0 Å². The topological polar surface area (TPSA) is 117 Å². The van der Waals surface area contributed by atoms with Crippen molar-refractivity contribution in [3.63, 3.8) is 0 Å². The molecule has 2 unspecified atom stereocenters. The van der Waals surface area contributed by atoms with Gasteiger partial charge in [-0.05, 0) is 12.1 Å². The van der Waals surface area contributed by atoms with E-state index < -0.39 is 47.7 Å². The Kier molecular flexibility index (Phi) is 8.67. The largest absolute Gasteiger partial charge is 0.463 e. The number of thioether (sulfide) groups is 1. The number of amides is 1. The predicted octanol–water partition coefficient (Wildman–Crippen LogP) is 1.43. The van der Waals surface area contributed by atoms with Crippen molar-refractivity contribution in [3.05, 3.63) is 30.3 Å². The molecule has 1 aliphatic heterocycles. The van der Waals surface area contributed by atoms with Crippen LogP contribution < -0.4 is 5.32 Å². The lowest BCUT2D eigenvalue weighted by Crippen LogP contribution is -2.65. The second kappa shape index (κ2) is 11.0. The van der Waals surface area contributed by atoms with Crippen LogP contribution in [0, 0.1) is 0 Å². The van der Waals surface area contributed by atoms with Gasteiger partial charge >= 0.3 is 17.9 Å². The minimum atomic E-state index is -1.09. The summed E-state index contributed by atoms with van der Waals surface area (Å²) in [5, 5.41) is 2.74. The lowest BCUT2D eigenvalue weighted by molar-refractivity contribution is -0.211. The number of nitrogens with one attached hydrogen (secondary N) is 1. The van der Waals surface area contributed by atoms with Gasteiger partial charge in [-0.15, -0.1) is 0 Å². The van der Waals surface area contributed by atoms with E-state index in [9.17, 15) is 19.2 Å². The van der Waals surface area contributed by atoms with Crippen LogP contribution in [0.5, 0.6) is 0 Å². The van der Waals surface area contributed by atoms with Crippen molar-refractivity contribution >= 4 is 35.6 Å². The number of hydrogen-bond donors (Lipinski definition) is 1. The van der Waals surface area contributed by atoms with Gasteiger partial charge in [0, 0.05) is 32.6 Å². The highest BCUT2D eigenvalue weighted by Crippen LogP contribution is 2.36. The average molecular weight is 439 g/mol. The molecular formula is C20H25NO8S. The molecule has 5 atom stereocenters. The van der Waals surface area contributed by atoms with Gasteiger partial charge in [0.15, 0.2) is 12.2 Å². The zero-order chi connectivity index (χ0) is 22.3. The number of rotatable bonds is 7. The summed E-state index contributed by atoms with van der Waals surface area (Å²) in [4.78, 5) is 47.6. The van der Waals surface area contributed by atoms with E-state index in [1.807, 2.05) is 30.3 Å². The van der Waals surface area contributed by atoms with E-state index in [-0.39, 0.29) is 12.5 Å². The molecule has 1 N–H and O–H groups in total. The van der Waals surface area contributed by atoms with Crippen LogP contribution in [0.1, 0.15) is 27.7 Å². The maximum absolute atomic E-state index is 11.9. The second-order valence-corrected chi connectivity index (χ2v) is 7.82. The molecule has 9 nitrogen and oxygen atoms in total. The molecule has 1 heterocycles. The minimum Gasteiger partial charge on any atom is -0.463 e. The first-order valence-corrected chi connectivity index (χ1v) is 10.2. The van der Waals surface area contributed by atoms with Crippen molar-refractivity contribution in [2.45, 2.75) is 62.4 Å². The van der Waals surface area contributed by atoms with E-state index in [0.29, 0.717) is 0 Å². The first-order chi connectivity index (χ1) is 14.2. The van der Waals surface area contributed by atoms with E-state index in [0.717, 1.165) is 4.90 Å². The highest BCUT2D eigenvalue weighted by Gasteiger charge is 2.51. The van der Waals surface area contributed by atoms with Crippen molar-refractivity contribution in [2.24, 2.45) is 0 Å². The van der Waals surface area contributed by atoms with Crippen molar-refractivity contribution in [2.75, 3.05) is 6.61 Å². The van der Waals surface area contributed by atoms with Crippen LogP contribution in [0.3, 0.4) is 0 Å². The molecule has 0 bridgehead atoms. The van der Waals surface area contributed by atoms with Gasteiger partial charge in [0.2, 0.25) is 5.91 Å². The van der Waals surface area contributed by atoms with Crippen LogP contribution in [0.15, 0.2) is 35.2 Å². The Balaban J connectivity index is 2.42. The Bertz CT molecular complexity index is 771. The van der Waals surface area contributed by atoms with Crippen molar-refractivity contribution in [1.29, 1.82) is 0 Å². The molecule has 0 saturated carbocycles. The zero-order valence-corrected chi connectivity index (χ0v) is 18.0. The molecule has 0 aliphatic carbocycles. The lowest BCUT2D eigenvalue weighted by atomic mass is 9.97. The number of esters is 3. The van der Waals surface area contributed by atoms with Gasteiger partial charge in [-0.25, -0.2) is 0 Å². The summed E-state index contributed by atoms with van der Waals surface area (Å²) in [6, 6.07) is 8.45. The summed E-state index contributed by atoms with van der Waals surface area (Å²) in [5.74, 6) is -2.17. The molecule has 0 radical (unpaired) electrons. The fraction of sp³-hybridized carbons (Fsp3) is 0.500. The molecule has 0 aromatic heterocycles. The maximum Gasteiger partial charge on any atom is 0.303 e. The molecule has 1 aromatic rings. The van der Waals surface area contributed by atoms with Gasteiger partial charge in [0.25, 0.3) is 0 Å². The van der Waals surface area contributed by atoms with Gasteiger partial charge in [0.1, 0.15) is 24.2 Å². The Hall–Kier alpha value is -2.59. The highest BCUT2D eigenvalue weighted by atomic mass is 32.2. The number of benzene rings is 1. The van der Waals surface area contributed by atoms with Crippen molar-refractivity contribution in [3.8, 4) is 0 Å². The number of carbonyl (C=O) groups excluding carboxylic acids is 4. The van der Waals surface area contributed by atoms with E-state index in [2.05, 4.69) is 5.32 Å². The fourth-order valence-corrected chi connectivity index (χ4v) is 4.17. The Morgan fingerprint density at radius 3 is 2.07 bits per heavy atom. The van der Waals surface area contributed by atoms with Gasteiger partial charge < -0.3 is 24.3 Å². The summed E-state index contributed by atoms with van der Waals surface area (Å²) < 4.78 is 22.0. The summed E-state index contributed by atoms with van der Waals surface area (Å²) in [7, 11) is 0. The minimum absolute atomic E-state index is 0.219. The van der Waals surface area contributed by atoms with E-state index in [1.165, 1.54) is 39.5 Å². The second-order valence-electron chi connectivity index (χ2n) is 6.65. The molecule has 2 rings (SSSR count). The first kappa shape index (κ1) is 23.7. The van der Waals surface area contributed by atoms with Crippen LogP contribution in [0.2, 0.25) is 0 Å². The van der Waals surface area contributed by atoms with Gasteiger partial charge in [-0.3, -0.25) is 19.2 Å². The smallest absolute Gasteiger partial charge is 0.303 e. The van der Waals surface area contributed by atoms with Crippen LogP contribution in [0.25, 0.3) is 0 Å². The molecule has 1 fully saturated rings. The number of carbonyl (C=O) groups is 4. The van der Waals surface area contributed by atoms with Crippen molar-refractivity contribution < 1.29 is 38.1 Å². The summed E-state index contributed by atoms with van der Waals surface area (Å²) >= 11 is 1.30. The average Bonchev–Trinajstić information content (AvgIpc) is 2.64. The van der Waals surface area contributed by atoms with Crippen LogP contribution in [-0.4, -0.2) is 60.2 Å². The zero-order valence-electron chi connectivity index (χ0n) is 17.2. The predicted molar refractivity (Wildman–Crippen MR) is 106 cm³/mol. The highest BCUT2D eigenvalue weighted by molar-refractivity contribution is 7.99. The Morgan fingerprint density at radius 2 is 1.53 bits per heavy atom. The normalized spacial score (nSPS) is 25.7. The summed E-state index contributed by atoms with van der Waals surface area (Å²) in [6.45, 7) is 4.76. The van der Waals surface area contributed by atoms with Crippen molar-refractivity contribution in [1.82, 2.24) is 5.32 Å². The standard InChI is InChI=1S/C20H25NO8S/c1-11(22)21-17-19(28-14(4)25)18(27-13(3)24)16(10-26-12(2)23)29-20(17)30-15-8-6-5-7-9-15/h5-9,16-20H,10H2,1-4H3,(H,21,22)/t16?,17?,18-,19+,20-/m0/s1. The molecule has 30 heavy (non-hydrogen) atoms. The fourth-order valence-electron chi connectivity index (χ4n) is 3.02. The first-order valence-electron chi connectivity index (χ1n) is 9.29. The van der Waals surface area contributed by atoms with Gasteiger partial charge in [-0.2, -0.15) is 0 Å². The van der Waals surface area contributed by atoms with Crippen LogP contribution in [-0.2, 0) is 38.1 Å². The maximum atomic E-state index is 11.9. The SMILES string of the molecule is CC(=O)NC1[C@@H](OC(C)=O)[C@@H](OC(C)=O)C(COC(C)=O)O[C@H]1Sc1ccccc1. The van der Waals surface area contributed by atoms with Crippen LogP contribution >= 0.6 is 11.8 Å². The van der Waals surface area contributed by atoms with E-state index >= 15 is 0 Å².